The Morgan fingerprint density at radius 1 is 1.33 bits per heavy atom. The zero-order chi connectivity index (χ0) is 11.1. The van der Waals surface area contributed by atoms with Gasteiger partial charge in [-0.3, -0.25) is 0 Å². The van der Waals surface area contributed by atoms with Crippen LogP contribution in [0.1, 0.15) is 52.9 Å². The highest BCUT2D eigenvalue weighted by molar-refractivity contribution is 4.72. The summed E-state index contributed by atoms with van der Waals surface area (Å²) in [6.07, 6.45) is 6.81. The molecule has 0 aromatic carbocycles. The molecule has 1 saturated heterocycles. The van der Waals surface area contributed by atoms with Crippen molar-refractivity contribution in [2.45, 2.75) is 65.0 Å². The van der Waals surface area contributed by atoms with Gasteiger partial charge in [-0.1, -0.05) is 26.7 Å². The van der Waals surface area contributed by atoms with E-state index in [4.69, 9.17) is 4.74 Å². The molecule has 1 aliphatic rings. The van der Waals surface area contributed by atoms with E-state index in [-0.39, 0.29) is 0 Å². The molecular formula is C13H27NO. The first kappa shape index (κ1) is 13.0. The summed E-state index contributed by atoms with van der Waals surface area (Å²) in [6, 6.07) is 0.654. The van der Waals surface area contributed by atoms with Crippen LogP contribution in [-0.4, -0.2) is 25.3 Å². The molecule has 1 fully saturated rings. The molecule has 2 atom stereocenters. The fourth-order valence-corrected chi connectivity index (χ4v) is 2.51. The van der Waals surface area contributed by atoms with Gasteiger partial charge in [0.05, 0.1) is 6.10 Å². The molecule has 0 aliphatic carbocycles. The highest BCUT2D eigenvalue weighted by Gasteiger charge is 2.16. The second-order valence-corrected chi connectivity index (χ2v) is 4.74. The Labute approximate surface area is 94.8 Å². The molecule has 1 rings (SSSR count). The maximum absolute atomic E-state index is 5.61. The van der Waals surface area contributed by atoms with E-state index in [1.165, 1.54) is 32.1 Å². The van der Waals surface area contributed by atoms with Crippen molar-refractivity contribution in [1.82, 2.24) is 5.32 Å². The maximum atomic E-state index is 5.61. The summed E-state index contributed by atoms with van der Waals surface area (Å²) in [7, 11) is 0. The van der Waals surface area contributed by atoms with Gasteiger partial charge in [0, 0.05) is 12.6 Å². The van der Waals surface area contributed by atoms with Gasteiger partial charge >= 0.3 is 0 Å². The van der Waals surface area contributed by atoms with E-state index in [0.717, 1.165) is 19.1 Å². The van der Waals surface area contributed by atoms with Crippen molar-refractivity contribution in [2.75, 3.05) is 13.2 Å². The zero-order valence-electron chi connectivity index (χ0n) is 10.6. The van der Waals surface area contributed by atoms with Crippen molar-refractivity contribution in [2.24, 2.45) is 5.92 Å². The molecule has 15 heavy (non-hydrogen) atoms. The van der Waals surface area contributed by atoms with E-state index in [1.54, 1.807) is 0 Å². The highest BCUT2D eigenvalue weighted by Crippen LogP contribution is 2.16. The molecule has 2 unspecified atom stereocenters. The average Bonchev–Trinajstić information content (AvgIpc) is 2.72. The monoisotopic (exact) mass is 213 g/mol. The van der Waals surface area contributed by atoms with E-state index in [9.17, 15) is 0 Å². The summed E-state index contributed by atoms with van der Waals surface area (Å²) in [5.74, 6) is 0.828. The summed E-state index contributed by atoms with van der Waals surface area (Å²) in [4.78, 5) is 0. The summed E-state index contributed by atoms with van der Waals surface area (Å²) in [5, 5.41) is 3.63. The smallest absolute Gasteiger partial charge is 0.0588 e. The largest absolute Gasteiger partial charge is 0.378 e. The molecule has 1 N–H and O–H groups in total. The number of ether oxygens (including phenoxy) is 1. The predicted molar refractivity (Wildman–Crippen MR) is 65.1 cm³/mol. The Morgan fingerprint density at radius 3 is 2.60 bits per heavy atom. The van der Waals surface area contributed by atoms with Crippen LogP contribution in [0.4, 0.5) is 0 Å². The lowest BCUT2D eigenvalue weighted by atomic mass is 9.95. The molecule has 0 saturated carbocycles. The van der Waals surface area contributed by atoms with Crippen molar-refractivity contribution < 1.29 is 4.74 Å². The van der Waals surface area contributed by atoms with Gasteiger partial charge in [-0.25, -0.2) is 0 Å². The Morgan fingerprint density at radius 2 is 2.07 bits per heavy atom. The SMILES string of the molecule is CCC(CC)C(C)NCCC1CCCO1. The average molecular weight is 213 g/mol. The third kappa shape index (κ3) is 4.52. The van der Waals surface area contributed by atoms with Crippen LogP contribution in [0.3, 0.4) is 0 Å². The van der Waals surface area contributed by atoms with Gasteiger partial charge in [-0.2, -0.15) is 0 Å². The lowest BCUT2D eigenvalue weighted by molar-refractivity contribution is 0.103. The third-order valence-corrected chi connectivity index (χ3v) is 3.71. The van der Waals surface area contributed by atoms with E-state index in [0.29, 0.717) is 12.1 Å². The van der Waals surface area contributed by atoms with Crippen LogP contribution < -0.4 is 5.32 Å². The van der Waals surface area contributed by atoms with Crippen molar-refractivity contribution in [3.8, 4) is 0 Å². The molecule has 2 nitrogen and oxygen atoms in total. The van der Waals surface area contributed by atoms with E-state index in [1.807, 2.05) is 0 Å². The van der Waals surface area contributed by atoms with Crippen LogP contribution in [-0.2, 0) is 4.74 Å². The molecule has 0 amide bonds. The minimum atomic E-state index is 0.534. The summed E-state index contributed by atoms with van der Waals surface area (Å²) in [5.41, 5.74) is 0. The first-order valence-corrected chi connectivity index (χ1v) is 6.62. The second-order valence-electron chi connectivity index (χ2n) is 4.74. The molecule has 0 bridgehead atoms. The molecular weight excluding hydrogens is 186 g/mol. The maximum Gasteiger partial charge on any atom is 0.0588 e. The summed E-state index contributed by atoms with van der Waals surface area (Å²) < 4.78 is 5.61. The first-order valence-electron chi connectivity index (χ1n) is 6.62. The topological polar surface area (TPSA) is 21.3 Å². The number of nitrogens with one attached hydrogen (secondary N) is 1. The standard InChI is InChI=1S/C13H27NO/c1-4-12(5-2)11(3)14-9-8-13-7-6-10-15-13/h11-14H,4-10H2,1-3H3. The van der Waals surface area contributed by atoms with Gasteiger partial charge < -0.3 is 10.1 Å². The molecule has 1 aliphatic heterocycles. The normalized spacial score (nSPS) is 23.6. The number of hydrogen-bond acceptors (Lipinski definition) is 2. The number of rotatable bonds is 7. The molecule has 0 aromatic heterocycles. The molecule has 0 aromatic rings. The highest BCUT2D eigenvalue weighted by atomic mass is 16.5. The molecule has 2 heteroatoms. The van der Waals surface area contributed by atoms with Gasteiger partial charge in [-0.05, 0) is 38.6 Å². The van der Waals surface area contributed by atoms with Gasteiger partial charge in [0.1, 0.15) is 0 Å². The quantitative estimate of drug-likeness (QED) is 0.702. The molecule has 90 valence electrons. The minimum absolute atomic E-state index is 0.534. The van der Waals surface area contributed by atoms with Crippen LogP contribution in [0.25, 0.3) is 0 Å². The fourth-order valence-electron chi connectivity index (χ4n) is 2.51. The van der Waals surface area contributed by atoms with Crippen LogP contribution in [0.2, 0.25) is 0 Å². The Hall–Kier alpha value is -0.0800. The van der Waals surface area contributed by atoms with E-state index < -0.39 is 0 Å². The van der Waals surface area contributed by atoms with Crippen LogP contribution in [0.5, 0.6) is 0 Å². The molecule has 0 spiro atoms. The Kier molecular flexibility index (Phi) is 6.26. The van der Waals surface area contributed by atoms with Gasteiger partial charge in [0.2, 0.25) is 0 Å². The summed E-state index contributed by atoms with van der Waals surface area (Å²) >= 11 is 0. The minimum Gasteiger partial charge on any atom is -0.378 e. The third-order valence-electron chi connectivity index (χ3n) is 3.71. The zero-order valence-corrected chi connectivity index (χ0v) is 10.6. The van der Waals surface area contributed by atoms with E-state index >= 15 is 0 Å². The van der Waals surface area contributed by atoms with Crippen LogP contribution >= 0.6 is 0 Å². The van der Waals surface area contributed by atoms with Crippen LogP contribution in [0, 0.1) is 5.92 Å². The van der Waals surface area contributed by atoms with Crippen molar-refractivity contribution in [3.63, 3.8) is 0 Å². The Balaban J connectivity index is 2.07. The lowest BCUT2D eigenvalue weighted by Gasteiger charge is -2.23. The van der Waals surface area contributed by atoms with Crippen molar-refractivity contribution in [1.29, 1.82) is 0 Å². The van der Waals surface area contributed by atoms with Crippen molar-refractivity contribution in [3.05, 3.63) is 0 Å². The van der Waals surface area contributed by atoms with Gasteiger partial charge in [0.15, 0.2) is 0 Å². The lowest BCUT2D eigenvalue weighted by Crippen LogP contribution is -2.34. The molecule has 1 heterocycles. The molecule has 0 radical (unpaired) electrons. The van der Waals surface area contributed by atoms with Crippen LogP contribution in [0.15, 0.2) is 0 Å². The predicted octanol–water partition coefficient (Wildman–Crippen LogP) is 2.97. The van der Waals surface area contributed by atoms with E-state index in [2.05, 4.69) is 26.1 Å². The van der Waals surface area contributed by atoms with Gasteiger partial charge in [0.25, 0.3) is 0 Å². The first-order chi connectivity index (χ1) is 7.27. The fraction of sp³-hybridized carbons (Fsp3) is 1.00. The van der Waals surface area contributed by atoms with Crippen molar-refractivity contribution >= 4 is 0 Å². The summed E-state index contributed by atoms with van der Waals surface area (Å²) in [6.45, 7) is 8.97. The Bertz CT molecular complexity index is 151. The number of hydrogen-bond donors (Lipinski definition) is 1. The van der Waals surface area contributed by atoms with Gasteiger partial charge in [-0.15, -0.1) is 0 Å². The second kappa shape index (κ2) is 7.24.